The lowest BCUT2D eigenvalue weighted by Crippen LogP contribution is -1.99. The van der Waals surface area contributed by atoms with Crippen molar-refractivity contribution in [3.05, 3.63) is 25.3 Å². The van der Waals surface area contributed by atoms with Crippen LogP contribution in [0.15, 0.2) is 11.0 Å². The molecule has 0 aromatic carbocycles. The summed E-state index contributed by atoms with van der Waals surface area (Å²) in [5.74, 6) is 0. The molecule has 0 bridgehead atoms. The van der Waals surface area contributed by atoms with Gasteiger partial charge in [-0.25, -0.2) is 4.98 Å². The van der Waals surface area contributed by atoms with Gasteiger partial charge in [-0.3, -0.25) is 9.17 Å². The van der Waals surface area contributed by atoms with Gasteiger partial charge in [-0.1, -0.05) is 23.1 Å². The van der Waals surface area contributed by atoms with Gasteiger partial charge >= 0.3 is 0 Å². The van der Waals surface area contributed by atoms with Crippen LogP contribution in [0, 0.1) is 3.57 Å². The van der Waals surface area contributed by atoms with Crippen LogP contribution in [0.2, 0.25) is 5.15 Å². The van der Waals surface area contributed by atoms with Gasteiger partial charge in [0.2, 0.25) is 0 Å². The third-order valence-electron chi connectivity index (χ3n) is 1.42. The monoisotopic (exact) mass is 312 g/mol. The van der Waals surface area contributed by atoms with Crippen molar-refractivity contribution in [3.63, 3.8) is 0 Å². The van der Waals surface area contributed by atoms with E-state index in [-0.39, 0.29) is 5.56 Å². The molecule has 0 aliphatic carbocycles. The Kier molecular flexibility index (Phi) is 2.09. The standard InChI is InChI=1S/C6H2ClIN2OS/c7-5-4(8)3-2(1-9-5)12-10-6(3)11/h1H,(H,10,11). The molecule has 2 aromatic rings. The third kappa shape index (κ3) is 1.16. The Morgan fingerprint density at radius 3 is 3.17 bits per heavy atom. The van der Waals surface area contributed by atoms with Gasteiger partial charge in [0.1, 0.15) is 5.15 Å². The fourth-order valence-corrected chi connectivity index (χ4v) is 2.60. The fourth-order valence-electron chi connectivity index (χ4n) is 0.889. The number of rotatable bonds is 0. The van der Waals surface area contributed by atoms with Crippen molar-refractivity contribution in [2.75, 3.05) is 0 Å². The zero-order valence-electron chi connectivity index (χ0n) is 5.60. The number of pyridine rings is 1. The van der Waals surface area contributed by atoms with Crippen LogP contribution in [-0.4, -0.2) is 9.36 Å². The lowest BCUT2D eigenvalue weighted by molar-refractivity contribution is 1.34. The maximum Gasteiger partial charge on any atom is 0.267 e. The Morgan fingerprint density at radius 2 is 2.42 bits per heavy atom. The van der Waals surface area contributed by atoms with Crippen LogP contribution in [-0.2, 0) is 0 Å². The molecule has 0 saturated carbocycles. The summed E-state index contributed by atoms with van der Waals surface area (Å²) in [6.45, 7) is 0. The highest BCUT2D eigenvalue weighted by Crippen LogP contribution is 2.24. The highest BCUT2D eigenvalue weighted by atomic mass is 127. The summed E-state index contributed by atoms with van der Waals surface area (Å²) in [5.41, 5.74) is -0.0938. The highest BCUT2D eigenvalue weighted by molar-refractivity contribution is 14.1. The lowest BCUT2D eigenvalue weighted by Gasteiger charge is -1.92. The zero-order chi connectivity index (χ0) is 8.72. The smallest absolute Gasteiger partial charge is 0.267 e. The number of H-pyrrole nitrogens is 1. The van der Waals surface area contributed by atoms with Gasteiger partial charge in [-0.2, -0.15) is 0 Å². The molecule has 2 aromatic heterocycles. The number of nitrogens with zero attached hydrogens (tertiary/aromatic N) is 1. The second kappa shape index (κ2) is 2.97. The molecule has 0 saturated heterocycles. The number of hydrogen-bond acceptors (Lipinski definition) is 3. The first-order chi connectivity index (χ1) is 5.70. The predicted molar refractivity (Wildman–Crippen MR) is 58.0 cm³/mol. The van der Waals surface area contributed by atoms with Crippen LogP contribution in [0.4, 0.5) is 0 Å². The van der Waals surface area contributed by atoms with E-state index < -0.39 is 0 Å². The molecule has 0 aliphatic rings. The Morgan fingerprint density at radius 1 is 1.67 bits per heavy atom. The molecule has 6 heteroatoms. The normalized spacial score (nSPS) is 10.8. The lowest BCUT2D eigenvalue weighted by atomic mass is 10.3. The topological polar surface area (TPSA) is 45.8 Å². The minimum atomic E-state index is -0.0938. The van der Waals surface area contributed by atoms with Crippen LogP contribution < -0.4 is 5.56 Å². The molecule has 0 unspecified atom stereocenters. The summed E-state index contributed by atoms with van der Waals surface area (Å²) in [7, 11) is 0. The van der Waals surface area contributed by atoms with E-state index in [1.54, 1.807) is 6.20 Å². The van der Waals surface area contributed by atoms with Crippen molar-refractivity contribution in [1.82, 2.24) is 9.36 Å². The largest absolute Gasteiger partial charge is 0.277 e. The molecule has 0 fully saturated rings. The molecule has 62 valence electrons. The second-order valence-corrected chi connectivity index (χ2v) is 4.42. The van der Waals surface area contributed by atoms with Gasteiger partial charge in [0.25, 0.3) is 5.56 Å². The fraction of sp³-hybridized carbons (Fsp3) is 0. The van der Waals surface area contributed by atoms with Crippen LogP contribution in [0.25, 0.3) is 10.1 Å². The molecule has 12 heavy (non-hydrogen) atoms. The Labute approximate surface area is 90.1 Å². The molecule has 0 radical (unpaired) electrons. The van der Waals surface area contributed by atoms with E-state index in [1.807, 2.05) is 22.6 Å². The Bertz CT molecular complexity index is 492. The number of fused-ring (bicyclic) bond motifs is 1. The number of aromatic amines is 1. The minimum absolute atomic E-state index is 0.0938. The predicted octanol–water partition coefficient (Wildman–Crippen LogP) is 2.24. The van der Waals surface area contributed by atoms with E-state index in [0.717, 1.165) is 4.70 Å². The minimum Gasteiger partial charge on any atom is -0.277 e. The summed E-state index contributed by atoms with van der Waals surface area (Å²) >= 11 is 9.04. The van der Waals surface area contributed by atoms with Gasteiger partial charge < -0.3 is 0 Å². The van der Waals surface area contributed by atoms with E-state index in [2.05, 4.69) is 9.36 Å². The summed E-state index contributed by atoms with van der Waals surface area (Å²) in [6, 6.07) is 0. The van der Waals surface area contributed by atoms with Crippen molar-refractivity contribution in [1.29, 1.82) is 0 Å². The van der Waals surface area contributed by atoms with E-state index in [4.69, 9.17) is 11.6 Å². The number of nitrogens with one attached hydrogen (secondary N) is 1. The molecule has 2 rings (SSSR count). The van der Waals surface area contributed by atoms with Gasteiger partial charge in [0, 0.05) is 6.20 Å². The number of aromatic nitrogens is 2. The third-order valence-corrected chi connectivity index (χ3v) is 3.90. The molecule has 0 spiro atoms. The van der Waals surface area contributed by atoms with Crippen molar-refractivity contribution in [2.45, 2.75) is 0 Å². The summed E-state index contributed by atoms with van der Waals surface area (Å²) in [6.07, 6.45) is 1.60. The summed E-state index contributed by atoms with van der Waals surface area (Å²) in [5, 5.41) is 1.02. The van der Waals surface area contributed by atoms with E-state index in [0.29, 0.717) is 14.1 Å². The Balaban J connectivity index is 3.06. The van der Waals surface area contributed by atoms with Crippen molar-refractivity contribution >= 4 is 55.8 Å². The quantitative estimate of drug-likeness (QED) is 0.599. The van der Waals surface area contributed by atoms with Crippen LogP contribution in [0.1, 0.15) is 0 Å². The van der Waals surface area contributed by atoms with Gasteiger partial charge in [-0.05, 0) is 22.6 Å². The molecule has 0 atom stereocenters. The van der Waals surface area contributed by atoms with Gasteiger partial charge in [-0.15, -0.1) is 0 Å². The van der Waals surface area contributed by atoms with Crippen LogP contribution in [0.5, 0.6) is 0 Å². The average Bonchev–Trinajstić information content (AvgIpc) is 2.41. The zero-order valence-corrected chi connectivity index (χ0v) is 9.33. The van der Waals surface area contributed by atoms with E-state index in [9.17, 15) is 4.79 Å². The van der Waals surface area contributed by atoms with Crippen molar-refractivity contribution < 1.29 is 0 Å². The molecule has 1 N–H and O–H groups in total. The van der Waals surface area contributed by atoms with Crippen LogP contribution in [0.3, 0.4) is 0 Å². The van der Waals surface area contributed by atoms with Crippen molar-refractivity contribution in [2.24, 2.45) is 0 Å². The van der Waals surface area contributed by atoms with Crippen LogP contribution >= 0.6 is 45.7 Å². The second-order valence-electron chi connectivity index (χ2n) is 2.14. The summed E-state index contributed by atoms with van der Waals surface area (Å²) in [4.78, 5) is 15.1. The first-order valence-corrected chi connectivity index (χ1v) is 5.28. The molecule has 0 amide bonds. The number of hydrogen-bond donors (Lipinski definition) is 1. The molecule has 0 aliphatic heterocycles. The Hall–Kier alpha value is -0.140. The van der Waals surface area contributed by atoms with Crippen molar-refractivity contribution in [3.8, 4) is 0 Å². The maximum absolute atomic E-state index is 11.2. The highest BCUT2D eigenvalue weighted by Gasteiger charge is 2.09. The molecular formula is C6H2ClIN2OS. The van der Waals surface area contributed by atoms with Gasteiger partial charge in [0.05, 0.1) is 13.7 Å². The average molecular weight is 313 g/mol. The van der Waals surface area contributed by atoms with Gasteiger partial charge in [0.15, 0.2) is 0 Å². The van der Waals surface area contributed by atoms with E-state index in [1.165, 1.54) is 11.5 Å². The summed E-state index contributed by atoms with van der Waals surface area (Å²) < 4.78 is 4.19. The maximum atomic E-state index is 11.2. The number of halogens is 2. The molecular weight excluding hydrogens is 311 g/mol. The molecule has 2 heterocycles. The first kappa shape index (κ1) is 8.46. The SMILES string of the molecule is O=c1[nH]sc2cnc(Cl)c(I)c12. The first-order valence-electron chi connectivity index (χ1n) is 3.01. The van der Waals surface area contributed by atoms with E-state index >= 15 is 0 Å². The molecule has 3 nitrogen and oxygen atoms in total.